The number of benzene rings is 1. The van der Waals surface area contributed by atoms with Crippen molar-refractivity contribution in [1.82, 2.24) is 9.47 Å². The minimum absolute atomic E-state index is 0.0383. The number of halogens is 1. The predicted molar refractivity (Wildman–Crippen MR) is 130 cm³/mol. The van der Waals surface area contributed by atoms with Crippen molar-refractivity contribution in [3.05, 3.63) is 66.8 Å². The van der Waals surface area contributed by atoms with Crippen LogP contribution in [0.1, 0.15) is 36.1 Å². The Morgan fingerprint density at radius 1 is 1.32 bits per heavy atom. The van der Waals surface area contributed by atoms with E-state index in [4.69, 9.17) is 23.8 Å². The van der Waals surface area contributed by atoms with E-state index in [0.29, 0.717) is 37.7 Å². The zero-order valence-corrected chi connectivity index (χ0v) is 19.9. The van der Waals surface area contributed by atoms with Crippen molar-refractivity contribution in [3.8, 4) is 6.07 Å². The second-order valence-electron chi connectivity index (χ2n) is 7.33. The Kier molecular flexibility index (Phi) is 6.90. The van der Waals surface area contributed by atoms with Crippen molar-refractivity contribution in [2.45, 2.75) is 33.4 Å². The van der Waals surface area contributed by atoms with E-state index in [1.54, 1.807) is 31.0 Å². The van der Waals surface area contributed by atoms with E-state index in [1.807, 2.05) is 38.1 Å². The normalized spacial score (nSPS) is 15.1. The van der Waals surface area contributed by atoms with Crippen molar-refractivity contribution in [3.63, 3.8) is 0 Å². The number of rotatable bonds is 5. The molecule has 31 heavy (non-hydrogen) atoms. The van der Waals surface area contributed by atoms with Crippen molar-refractivity contribution in [2.24, 2.45) is 7.05 Å². The van der Waals surface area contributed by atoms with Crippen LogP contribution < -0.4 is 10.9 Å². The topological polar surface area (TPSA) is 78.1 Å². The molecule has 3 rings (SSSR count). The zero-order valence-electron chi connectivity index (χ0n) is 17.5. The van der Waals surface area contributed by atoms with E-state index in [2.05, 4.69) is 5.32 Å². The molecule has 2 heterocycles. The fourth-order valence-corrected chi connectivity index (χ4v) is 5.03. The van der Waals surface area contributed by atoms with Crippen LogP contribution in [0.5, 0.6) is 0 Å². The van der Waals surface area contributed by atoms with Crippen LogP contribution in [0.2, 0.25) is 5.02 Å². The number of nitriles is 1. The van der Waals surface area contributed by atoms with Crippen LogP contribution in [-0.4, -0.2) is 25.7 Å². The van der Waals surface area contributed by atoms with Gasteiger partial charge in [0.05, 0.1) is 4.91 Å². The lowest BCUT2D eigenvalue weighted by atomic mass is 10.0. The molecule has 0 bridgehead atoms. The molecule has 1 aliphatic heterocycles. The van der Waals surface area contributed by atoms with Crippen LogP contribution >= 0.6 is 35.6 Å². The smallest absolute Gasteiger partial charge is 0.270 e. The molecule has 0 spiro atoms. The molecule has 0 atom stereocenters. The van der Waals surface area contributed by atoms with Gasteiger partial charge in [0.2, 0.25) is 0 Å². The summed E-state index contributed by atoms with van der Waals surface area (Å²) in [6, 6.07) is 9.32. The molecule has 9 heteroatoms. The Hall–Kier alpha value is -2.60. The summed E-state index contributed by atoms with van der Waals surface area (Å²) in [6.07, 6.45) is 1.70. The maximum atomic E-state index is 12.9. The highest BCUT2D eigenvalue weighted by Gasteiger charge is 2.34. The van der Waals surface area contributed by atoms with Crippen LogP contribution in [0, 0.1) is 18.3 Å². The molecule has 0 unspecified atom stereocenters. The Morgan fingerprint density at radius 2 is 2.00 bits per heavy atom. The number of aromatic nitrogens is 1. The number of pyridine rings is 1. The van der Waals surface area contributed by atoms with Crippen molar-refractivity contribution in [1.29, 1.82) is 5.26 Å². The maximum absolute atomic E-state index is 12.9. The molecule has 0 saturated carbocycles. The number of carbonyl (C=O) groups is 1. The van der Waals surface area contributed by atoms with Gasteiger partial charge >= 0.3 is 0 Å². The maximum Gasteiger partial charge on any atom is 0.270 e. The Morgan fingerprint density at radius 3 is 2.58 bits per heavy atom. The molecule has 1 N–H and O–H groups in total. The molecular weight excluding hydrogens is 452 g/mol. The molecule has 0 radical (unpaired) electrons. The van der Waals surface area contributed by atoms with Gasteiger partial charge in [-0.05, 0) is 44.0 Å². The van der Waals surface area contributed by atoms with E-state index in [-0.39, 0.29) is 17.5 Å². The molecule has 160 valence electrons. The summed E-state index contributed by atoms with van der Waals surface area (Å²) in [6.45, 7) is 5.87. The fourth-order valence-electron chi connectivity index (χ4n) is 3.32. The average Bonchev–Trinajstić information content (AvgIpc) is 3.00. The highest BCUT2D eigenvalue weighted by molar-refractivity contribution is 8.26. The molecule has 2 aromatic rings. The molecule has 1 aromatic carbocycles. The van der Waals surface area contributed by atoms with Crippen molar-refractivity contribution < 1.29 is 4.79 Å². The summed E-state index contributed by atoms with van der Waals surface area (Å²) < 4.78 is 1.87. The van der Waals surface area contributed by atoms with Gasteiger partial charge in [0.25, 0.3) is 11.5 Å². The standard InChI is InChI=1S/C22H21ClN4O2S2/c1-12(2)27-21(29)18(31-22(27)30)9-15-13(3)16(10-24)20(28)26(4)19(15)25-11-14-7-5-6-8-17(14)23/h5-9,12,25H,11H2,1-4H3/b18-9+. The van der Waals surface area contributed by atoms with Gasteiger partial charge in [-0.15, -0.1) is 0 Å². The lowest BCUT2D eigenvalue weighted by Gasteiger charge is -2.19. The van der Waals surface area contributed by atoms with Gasteiger partial charge in [-0.3, -0.25) is 19.1 Å². The summed E-state index contributed by atoms with van der Waals surface area (Å²) in [7, 11) is 1.59. The summed E-state index contributed by atoms with van der Waals surface area (Å²) in [5.41, 5.74) is 1.58. The summed E-state index contributed by atoms with van der Waals surface area (Å²) in [4.78, 5) is 27.6. The number of nitrogens with zero attached hydrogens (tertiary/aromatic N) is 3. The minimum Gasteiger partial charge on any atom is -0.367 e. The molecule has 6 nitrogen and oxygen atoms in total. The van der Waals surface area contributed by atoms with Crippen LogP contribution in [0.4, 0.5) is 5.82 Å². The van der Waals surface area contributed by atoms with Gasteiger partial charge < -0.3 is 5.32 Å². The van der Waals surface area contributed by atoms with Gasteiger partial charge in [-0.2, -0.15) is 5.26 Å². The van der Waals surface area contributed by atoms with E-state index in [9.17, 15) is 14.9 Å². The number of anilines is 1. The van der Waals surface area contributed by atoms with Gasteiger partial charge in [0.1, 0.15) is 21.8 Å². The third-order valence-electron chi connectivity index (χ3n) is 5.02. The first-order chi connectivity index (χ1) is 14.7. The predicted octanol–water partition coefficient (Wildman–Crippen LogP) is 4.44. The molecule has 1 fully saturated rings. The van der Waals surface area contributed by atoms with Gasteiger partial charge in [0.15, 0.2) is 0 Å². The number of thioether (sulfide) groups is 1. The Labute approximate surface area is 195 Å². The highest BCUT2D eigenvalue weighted by atomic mass is 35.5. The first-order valence-electron chi connectivity index (χ1n) is 9.55. The fraction of sp³-hybridized carbons (Fsp3) is 0.273. The van der Waals surface area contributed by atoms with Gasteiger partial charge in [-0.25, -0.2) is 0 Å². The van der Waals surface area contributed by atoms with Crippen LogP contribution in [0.15, 0.2) is 34.0 Å². The van der Waals surface area contributed by atoms with Crippen LogP contribution in [0.25, 0.3) is 6.08 Å². The first-order valence-corrected chi connectivity index (χ1v) is 11.2. The SMILES string of the molecule is Cc1c(/C=C2/SC(=S)N(C(C)C)C2=O)c(NCc2ccccc2Cl)n(C)c(=O)c1C#N. The van der Waals surface area contributed by atoms with Crippen molar-refractivity contribution in [2.75, 3.05) is 5.32 Å². The van der Waals surface area contributed by atoms with E-state index >= 15 is 0 Å². The number of nitrogens with one attached hydrogen (secondary N) is 1. The summed E-state index contributed by atoms with van der Waals surface area (Å²) in [5.74, 6) is 0.310. The van der Waals surface area contributed by atoms with Crippen LogP contribution in [0.3, 0.4) is 0 Å². The molecule has 0 aliphatic carbocycles. The second kappa shape index (κ2) is 9.27. The van der Waals surface area contributed by atoms with E-state index in [1.165, 1.54) is 16.3 Å². The second-order valence-corrected chi connectivity index (χ2v) is 9.41. The molecule has 1 aromatic heterocycles. The van der Waals surface area contributed by atoms with Gasteiger partial charge in [0, 0.05) is 30.2 Å². The first kappa shape index (κ1) is 23.1. The average molecular weight is 473 g/mol. The summed E-state index contributed by atoms with van der Waals surface area (Å²) in [5, 5.41) is 13.4. The van der Waals surface area contributed by atoms with E-state index < -0.39 is 5.56 Å². The van der Waals surface area contributed by atoms with Crippen LogP contribution in [-0.2, 0) is 18.4 Å². The number of hydrogen-bond donors (Lipinski definition) is 1. The summed E-state index contributed by atoms with van der Waals surface area (Å²) >= 11 is 12.8. The number of carbonyl (C=O) groups excluding carboxylic acids is 1. The molecule has 1 amide bonds. The monoisotopic (exact) mass is 472 g/mol. The van der Waals surface area contributed by atoms with Crippen molar-refractivity contribution >= 4 is 57.7 Å². The highest BCUT2D eigenvalue weighted by Crippen LogP contribution is 2.36. The number of thiocarbonyl (C=S) groups is 1. The number of hydrogen-bond acceptors (Lipinski definition) is 6. The van der Waals surface area contributed by atoms with E-state index in [0.717, 1.165) is 5.56 Å². The lowest BCUT2D eigenvalue weighted by molar-refractivity contribution is -0.123. The largest absolute Gasteiger partial charge is 0.367 e. The molecule has 1 aliphatic rings. The Bertz CT molecular complexity index is 1210. The molecular formula is C22H21ClN4O2S2. The van der Waals surface area contributed by atoms with Gasteiger partial charge in [-0.1, -0.05) is 53.8 Å². The quantitative estimate of drug-likeness (QED) is 0.512. The lowest BCUT2D eigenvalue weighted by Crippen LogP contribution is -2.34. The third kappa shape index (κ3) is 4.40. The third-order valence-corrected chi connectivity index (χ3v) is 6.72. The zero-order chi connectivity index (χ0) is 22.9. The number of amides is 1. The minimum atomic E-state index is -0.409. The molecule has 1 saturated heterocycles. The Balaban J connectivity index is 2.13.